The molecule has 19 heavy (non-hydrogen) atoms. The second-order valence-electron chi connectivity index (χ2n) is 6.30. The lowest BCUT2D eigenvalue weighted by molar-refractivity contribution is 0.0210. The van der Waals surface area contributed by atoms with Gasteiger partial charge < -0.3 is 10.1 Å². The molecule has 1 aliphatic carbocycles. The largest absolute Gasteiger partial charge is 0.379 e. The molecule has 3 unspecified atom stereocenters. The van der Waals surface area contributed by atoms with Crippen LogP contribution in [0.15, 0.2) is 0 Å². The van der Waals surface area contributed by atoms with Crippen molar-refractivity contribution >= 4 is 0 Å². The third kappa shape index (κ3) is 4.73. The van der Waals surface area contributed by atoms with Crippen LogP contribution in [0.3, 0.4) is 0 Å². The molecule has 3 nitrogen and oxygen atoms in total. The number of hydrogen-bond acceptors (Lipinski definition) is 3. The van der Waals surface area contributed by atoms with E-state index in [0.717, 1.165) is 50.7 Å². The zero-order chi connectivity index (χ0) is 13.5. The van der Waals surface area contributed by atoms with Crippen LogP contribution in [0, 0.1) is 11.8 Å². The Kier molecular flexibility index (Phi) is 6.62. The van der Waals surface area contributed by atoms with Gasteiger partial charge >= 0.3 is 0 Å². The molecule has 112 valence electrons. The van der Waals surface area contributed by atoms with Crippen molar-refractivity contribution in [2.75, 3.05) is 39.4 Å². The number of ether oxygens (including phenoxy) is 1. The summed E-state index contributed by atoms with van der Waals surface area (Å²) < 4.78 is 5.47. The normalized spacial score (nSPS) is 33.5. The van der Waals surface area contributed by atoms with Crippen LogP contribution in [0.1, 0.15) is 46.0 Å². The Balaban J connectivity index is 1.86. The fourth-order valence-electron chi connectivity index (χ4n) is 3.88. The molecule has 2 fully saturated rings. The summed E-state index contributed by atoms with van der Waals surface area (Å²) in [6, 6.07) is 0.751. The van der Waals surface area contributed by atoms with E-state index in [4.69, 9.17) is 4.74 Å². The summed E-state index contributed by atoms with van der Waals surface area (Å²) in [5.74, 6) is 1.83. The zero-order valence-electron chi connectivity index (χ0n) is 12.9. The number of rotatable bonds is 6. The lowest BCUT2D eigenvalue weighted by atomic mass is 9.76. The topological polar surface area (TPSA) is 24.5 Å². The van der Waals surface area contributed by atoms with Gasteiger partial charge in [0, 0.05) is 25.7 Å². The second-order valence-corrected chi connectivity index (χ2v) is 6.30. The summed E-state index contributed by atoms with van der Waals surface area (Å²) in [5.41, 5.74) is 0. The fourth-order valence-corrected chi connectivity index (χ4v) is 3.88. The van der Waals surface area contributed by atoms with Gasteiger partial charge in [-0.15, -0.1) is 0 Å². The third-order valence-electron chi connectivity index (χ3n) is 4.85. The molecule has 0 aromatic carbocycles. The molecule has 1 aliphatic heterocycles. The van der Waals surface area contributed by atoms with Gasteiger partial charge in [-0.2, -0.15) is 0 Å². The van der Waals surface area contributed by atoms with E-state index in [-0.39, 0.29) is 0 Å². The van der Waals surface area contributed by atoms with E-state index in [0.29, 0.717) is 0 Å². The van der Waals surface area contributed by atoms with Crippen LogP contribution in [-0.4, -0.2) is 50.3 Å². The third-order valence-corrected chi connectivity index (χ3v) is 4.85. The van der Waals surface area contributed by atoms with E-state index in [1.807, 2.05) is 0 Å². The van der Waals surface area contributed by atoms with Crippen molar-refractivity contribution in [3.05, 3.63) is 0 Å². The van der Waals surface area contributed by atoms with Crippen LogP contribution in [-0.2, 0) is 4.74 Å². The molecule has 1 heterocycles. The van der Waals surface area contributed by atoms with E-state index in [2.05, 4.69) is 24.1 Å². The van der Waals surface area contributed by atoms with Crippen molar-refractivity contribution in [2.24, 2.45) is 11.8 Å². The molecule has 0 amide bonds. The summed E-state index contributed by atoms with van der Waals surface area (Å²) in [4.78, 5) is 2.62. The molecule has 0 radical (unpaired) electrons. The van der Waals surface area contributed by atoms with Crippen LogP contribution in [0.4, 0.5) is 0 Å². The smallest absolute Gasteiger partial charge is 0.0594 e. The highest BCUT2D eigenvalue weighted by atomic mass is 16.5. The number of nitrogens with zero attached hydrogens (tertiary/aromatic N) is 1. The maximum atomic E-state index is 5.47. The molecular weight excluding hydrogens is 236 g/mol. The van der Waals surface area contributed by atoms with Gasteiger partial charge in [-0.1, -0.05) is 26.7 Å². The summed E-state index contributed by atoms with van der Waals surface area (Å²) in [6.45, 7) is 11.1. The van der Waals surface area contributed by atoms with Crippen LogP contribution in [0.5, 0.6) is 0 Å². The Morgan fingerprint density at radius 1 is 1.16 bits per heavy atom. The lowest BCUT2D eigenvalue weighted by Crippen LogP contribution is -2.48. The van der Waals surface area contributed by atoms with Crippen molar-refractivity contribution in [3.8, 4) is 0 Å². The maximum Gasteiger partial charge on any atom is 0.0594 e. The lowest BCUT2D eigenvalue weighted by Gasteiger charge is -2.40. The first-order valence-electron chi connectivity index (χ1n) is 8.37. The predicted molar refractivity (Wildman–Crippen MR) is 80.5 cm³/mol. The van der Waals surface area contributed by atoms with E-state index in [9.17, 15) is 0 Å². The molecule has 0 aromatic rings. The predicted octanol–water partition coefficient (Wildman–Crippen LogP) is 2.51. The highest BCUT2D eigenvalue weighted by molar-refractivity contribution is 4.86. The van der Waals surface area contributed by atoms with Gasteiger partial charge in [-0.25, -0.2) is 0 Å². The first kappa shape index (κ1) is 15.3. The van der Waals surface area contributed by atoms with Gasteiger partial charge in [0.25, 0.3) is 0 Å². The summed E-state index contributed by atoms with van der Waals surface area (Å²) >= 11 is 0. The molecule has 1 saturated heterocycles. The van der Waals surface area contributed by atoms with E-state index in [1.54, 1.807) is 0 Å². The summed E-state index contributed by atoms with van der Waals surface area (Å²) in [7, 11) is 0. The first-order chi connectivity index (χ1) is 9.33. The van der Waals surface area contributed by atoms with Crippen molar-refractivity contribution < 1.29 is 4.74 Å². The van der Waals surface area contributed by atoms with Gasteiger partial charge in [0.1, 0.15) is 0 Å². The van der Waals surface area contributed by atoms with Crippen molar-refractivity contribution in [1.29, 1.82) is 0 Å². The SMILES string of the molecule is CCCC1CCC(NCC)C(CN2CCOCC2)C1. The highest BCUT2D eigenvalue weighted by Crippen LogP contribution is 2.32. The molecule has 2 aliphatic rings. The van der Waals surface area contributed by atoms with Crippen molar-refractivity contribution in [2.45, 2.75) is 52.0 Å². The number of nitrogens with one attached hydrogen (secondary N) is 1. The van der Waals surface area contributed by atoms with Gasteiger partial charge in [0.2, 0.25) is 0 Å². The van der Waals surface area contributed by atoms with Gasteiger partial charge in [0.15, 0.2) is 0 Å². The van der Waals surface area contributed by atoms with Crippen molar-refractivity contribution in [1.82, 2.24) is 10.2 Å². The molecule has 0 bridgehead atoms. The van der Waals surface area contributed by atoms with E-state index < -0.39 is 0 Å². The molecule has 3 heteroatoms. The number of hydrogen-bond donors (Lipinski definition) is 1. The van der Waals surface area contributed by atoms with Crippen LogP contribution < -0.4 is 5.32 Å². The zero-order valence-corrected chi connectivity index (χ0v) is 12.9. The van der Waals surface area contributed by atoms with Crippen LogP contribution >= 0.6 is 0 Å². The summed E-state index contributed by atoms with van der Waals surface area (Å²) in [6.07, 6.45) is 7.03. The van der Waals surface area contributed by atoms with Gasteiger partial charge in [-0.05, 0) is 37.6 Å². The molecule has 1 N–H and O–H groups in total. The van der Waals surface area contributed by atoms with Crippen LogP contribution in [0.2, 0.25) is 0 Å². The Morgan fingerprint density at radius 3 is 2.63 bits per heavy atom. The monoisotopic (exact) mass is 268 g/mol. The van der Waals surface area contributed by atoms with Gasteiger partial charge in [0.05, 0.1) is 13.2 Å². The molecule has 3 atom stereocenters. The average Bonchev–Trinajstić information content (AvgIpc) is 2.43. The minimum Gasteiger partial charge on any atom is -0.379 e. The Bertz CT molecular complexity index is 241. The summed E-state index contributed by atoms with van der Waals surface area (Å²) in [5, 5.41) is 3.73. The first-order valence-corrected chi connectivity index (χ1v) is 8.37. The highest BCUT2D eigenvalue weighted by Gasteiger charge is 2.31. The minimum absolute atomic E-state index is 0.751. The Labute approximate surface area is 119 Å². The molecule has 0 spiro atoms. The van der Waals surface area contributed by atoms with E-state index in [1.165, 1.54) is 38.6 Å². The Morgan fingerprint density at radius 2 is 1.95 bits per heavy atom. The molecular formula is C16H32N2O. The quantitative estimate of drug-likeness (QED) is 0.801. The Hall–Kier alpha value is -0.120. The fraction of sp³-hybridized carbons (Fsp3) is 1.00. The van der Waals surface area contributed by atoms with Gasteiger partial charge in [-0.3, -0.25) is 4.90 Å². The standard InChI is InChI=1S/C16H32N2O/c1-3-5-14-6-7-16(17-4-2)15(12-14)13-18-8-10-19-11-9-18/h14-17H,3-13H2,1-2H3. The van der Waals surface area contributed by atoms with Crippen molar-refractivity contribution in [3.63, 3.8) is 0 Å². The number of morpholine rings is 1. The molecule has 2 rings (SSSR count). The minimum atomic E-state index is 0.751. The molecule has 0 aromatic heterocycles. The molecule has 1 saturated carbocycles. The second kappa shape index (κ2) is 8.23. The maximum absolute atomic E-state index is 5.47. The average molecular weight is 268 g/mol. The van der Waals surface area contributed by atoms with E-state index >= 15 is 0 Å². The van der Waals surface area contributed by atoms with Crippen LogP contribution in [0.25, 0.3) is 0 Å².